The summed E-state index contributed by atoms with van der Waals surface area (Å²) >= 11 is 0. The summed E-state index contributed by atoms with van der Waals surface area (Å²) in [6.07, 6.45) is 2.94. The first-order valence-electron chi connectivity index (χ1n) is 9.82. The second-order valence-electron chi connectivity index (χ2n) is 6.98. The SMILES string of the molecule is COc1cc(C=NN2C(=O)C(=Cc3cccc([N+](=O)[O-])c3)N=C2c2ccccc2)ccc1O. The predicted molar refractivity (Wildman–Crippen MR) is 123 cm³/mol. The maximum Gasteiger partial charge on any atom is 0.298 e. The van der Waals surface area contributed by atoms with Gasteiger partial charge >= 0.3 is 0 Å². The van der Waals surface area contributed by atoms with Gasteiger partial charge in [-0.25, -0.2) is 4.99 Å². The third-order valence-corrected chi connectivity index (χ3v) is 4.78. The molecule has 164 valence electrons. The molecule has 0 aromatic heterocycles. The van der Waals surface area contributed by atoms with E-state index in [9.17, 15) is 20.0 Å². The molecule has 0 saturated heterocycles. The van der Waals surface area contributed by atoms with Crippen LogP contribution < -0.4 is 4.74 Å². The number of nitro groups is 1. The van der Waals surface area contributed by atoms with Crippen LogP contribution in [0, 0.1) is 10.1 Å². The average molecular weight is 442 g/mol. The topological polar surface area (TPSA) is 118 Å². The standard InChI is InChI=1S/C24H18N4O5/c1-33-22-14-17(10-11-21(22)29)15-25-27-23(18-7-3-2-4-8-18)26-20(24(27)30)13-16-6-5-9-19(12-16)28(31)32/h2-15,29H,1H3. The van der Waals surface area contributed by atoms with Crippen LogP contribution in [0.3, 0.4) is 0 Å². The van der Waals surface area contributed by atoms with Crippen LogP contribution in [0.15, 0.2) is 88.6 Å². The van der Waals surface area contributed by atoms with Crippen molar-refractivity contribution in [2.24, 2.45) is 10.1 Å². The molecule has 0 saturated carbocycles. The molecule has 1 aliphatic rings. The fourth-order valence-electron chi connectivity index (χ4n) is 3.17. The Hall–Kier alpha value is -4.79. The molecule has 3 aromatic rings. The first kappa shape index (κ1) is 21.4. The van der Waals surface area contributed by atoms with Gasteiger partial charge in [0.1, 0.15) is 5.70 Å². The fraction of sp³-hybridized carbons (Fsp3) is 0.0417. The lowest BCUT2D eigenvalue weighted by molar-refractivity contribution is -0.384. The summed E-state index contributed by atoms with van der Waals surface area (Å²) in [7, 11) is 1.44. The minimum Gasteiger partial charge on any atom is -0.504 e. The number of aromatic hydroxyl groups is 1. The van der Waals surface area contributed by atoms with Gasteiger partial charge in [0.25, 0.3) is 11.6 Å². The number of aliphatic imine (C=N–C) groups is 1. The number of hydrogen-bond donors (Lipinski definition) is 1. The number of nitro benzene ring substituents is 1. The molecule has 0 spiro atoms. The van der Waals surface area contributed by atoms with Crippen molar-refractivity contribution in [1.29, 1.82) is 0 Å². The number of non-ortho nitro benzene ring substituents is 1. The molecule has 1 amide bonds. The van der Waals surface area contributed by atoms with Gasteiger partial charge in [-0.15, -0.1) is 0 Å². The van der Waals surface area contributed by atoms with Crippen molar-refractivity contribution in [3.8, 4) is 11.5 Å². The lowest BCUT2D eigenvalue weighted by atomic mass is 10.1. The summed E-state index contributed by atoms with van der Waals surface area (Å²) in [4.78, 5) is 28.2. The number of amides is 1. The molecule has 1 N–H and O–H groups in total. The number of ether oxygens (including phenoxy) is 1. The van der Waals surface area contributed by atoms with E-state index < -0.39 is 10.8 Å². The summed E-state index contributed by atoms with van der Waals surface area (Å²) in [6.45, 7) is 0. The molecule has 1 aliphatic heterocycles. The Balaban J connectivity index is 1.72. The van der Waals surface area contributed by atoms with E-state index in [4.69, 9.17) is 4.74 Å². The average Bonchev–Trinajstić information content (AvgIpc) is 3.14. The van der Waals surface area contributed by atoms with Crippen LogP contribution in [0.25, 0.3) is 6.08 Å². The Labute approximate surface area is 188 Å². The van der Waals surface area contributed by atoms with Crippen LogP contribution in [0.2, 0.25) is 0 Å². The number of phenolic OH excluding ortho intramolecular Hbond substituents is 1. The Kier molecular flexibility index (Phi) is 5.94. The number of hydrogen-bond acceptors (Lipinski definition) is 7. The van der Waals surface area contributed by atoms with E-state index in [2.05, 4.69) is 10.1 Å². The zero-order chi connectivity index (χ0) is 23.4. The minimum absolute atomic E-state index is 0.0133. The van der Waals surface area contributed by atoms with Gasteiger partial charge in [0.05, 0.1) is 18.2 Å². The molecule has 4 rings (SSSR count). The van der Waals surface area contributed by atoms with Gasteiger partial charge in [-0.1, -0.05) is 42.5 Å². The number of nitrogens with zero attached hydrogens (tertiary/aromatic N) is 4. The maximum atomic E-state index is 13.1. The van der Waals surface area contributed by atoms with Crippen LogP contribution in [0.1, 0.15) is 16.7 Å². The van der Waals surface area contributed by atoms with Gasteiger partial charge in [0.2, 0.25) is 0 Å². The highest BCUT2D eigenvalue weighted by atomic mass is 16.6. The van der Waals surface area contributed by atoms with Gasteiger partial charge in [0, 0.05) is 17.7 Å². The van der Waals surface area contributed by atoms with Crippen LogP contribution in [-0.4, -0.2) is 40.1 Å². The van der Waals surface area contributed by atoms with E-state index in [-0.39, 0.29) is 22.9 Å². The molecule has 0 atom stereocenters. The fourth-order valence-corrected chi connectivity index (χ4v) is 3.17. The monoisotopic (exact) mass is 442 g/mol. The van der Waals surface area contributed by atoms with Crippen LogP contribution >= 0.6 is 0 Å². The molecule has 0 radical (unpaired) electrons. The first-order valence-corrected chi connectivity index (χ1v) is 9.82. The molecule has 9 nitrogen and oxygen atoms in total. The highest BCUT2D eigenvalue weighted by Gasteiger charge is 2.31. The zero-order valence-corrected chi connectivity index (χ0v) is 17.5. The molecular weight excluding hydrogens is 424 g/mol. The van der Waals surface area contributed by atoms with E-state index in [1.165, 1.54) is 37.6 Å². The third-order valence-electron chi connectivity index (χ3n) is 4.78. The molecule has 0 aliphatic carbocycles. The third kappa shape index (κ3) is 4.62. The number of rotatable bonds is 6. The lowest BCUT2D eigenvalue weighted by Crippen LogP contribution is -2.27. The molecule has 9 heteroatoms. The summed E-state index contributed by atoms with van der Waals surface area (Å²) < 4.78 is 5.11. The van der Waals surface area contributed by atoms with Crippen molar-refractivity contribution in [3.63, 3.8) is 0 Å². The van der Waals surface area contributed by atoms with Gasteiger partial charge in [-0.05, 0) is 35.4 Å². The highest BCUT2D eigenvalue weighted by molar-refractivity contribution is 6.19. The highest BCUT2D eigenvalue weighted by Crippen LogP contribution is 2.27. The second kappa shape index (κ2) is 9.15. The van der Waals surface area contributed by atoms with E-state index in [1.54, 1.807) is 36.4 Å². The number of phenols is 1. The van der Waals surface area contributed by atoms with Gasteiger partial charge in [-0.2, -0.15) is 10.1 Å². The van der Waals surface area contributed by atoms with Crippen molar-refractivity contribution >= 4 is 29.7 Å². The van der Waals surface area contributed by atoms with E-state index in [0.717, 1.165) is 5.01 Å². The number of methoxy groups -OCH3 is 1. The largest absolute Gasteiger partial charge is 0.504 e. The number of hydrazone groups is 1. The van der Waals surface area contributed by atoms with Crippen molar-refractivity contribution in [3.05, 3.63) is 105 Å². The van der Waals surface area contributed by atoms with Crippen molar-refractivity contribution in [2.45, 2.75) is 0 Å². The van der Waals surface area contributed by atoms with Gasteiger partial charge in [-0.3, -0.25) is 14.9 Å². The first-order chi connectivity index (χ1) is 16.0. The summed E-state index contributed by atoms with van der Waals surface area (Å²) in [5.41, 5.74) is 1.75. The normalized spacial score (nSPS) is 14.7. The number of carbonyl (C=O) groups excluding carboxylic acids is 1. The van der Waals surface area contributed by atoms with E-state index >= 15 is 0 Å². The quantitative estimate of drug-likeness (QED) is 0.268. The maximum absolute atomic E-state index is 13.1. The number of amidine groups is 1. The molecule has 0 fully saturated rings. The second-order valence-corrected chi connectivity index (χ2v) is 6.98. The van der Waals surface area contributed by atoms with Crippen molar-refractivity contribution in [2.75, 3.05) is 7.11 Å². The van der Waals surface area contributed by atoms with Crippen LogP contribution in [-0.2, 0) is 4.79 Å². The molecule has 0 bridgehead atoms. The van der Waals surface area contributed by atoms with Gasteiger partial charge < -0.3 is 9.84 Å². The molecular formula is C24H18N4O5. The molecule has 0 unspecified atom stereocenters. The van der Waals surface area contributed by atoms with Gasteiger partial charge in [0.15, 0.2) is 17.3 Å². The summed E-state index contributed by atoms with van der Waals surface area (Å²) in [6, 6.07) is 19.7. The van der Waals surface area contributed by atoms with E-state index in [1.807, 2.05) is 18.2 Å². The minimum atomic E-state index is -0.500. The molecule has 3 aromatic carbocycles. The predicted octanol–water partition coefficient (Wildman–Crippen LogP) is 3.97. The Morgan fingerprint density at radius 1 is 1.06 bits per heavy atom. The summed E-state index contributed by atoms with van der Waals surface area (Å²) in [5, 5.41) is 26.3. The summed E-state index contributed by atoms with van der Waals surface area (Å²) in [5.74, 6) is 0.0946. The Morgan fingerprint density at radius 2 is 1.85 bits per heavy atom. The van der Waals surface area contributed by atoms with Crippen LogP contribution in [0.4, 0.5) is 5.69 Å². The van der Waals surface area contributed by atoms with Crippen molar-refractivity contribution in [1.82, 2.24) is 5.01 Å². The molecule has 1 heterocycles. The number of carbonyl (C=O) groups is 1. The Morgan fingerprint density at radius 3 is 2.58 bits per heavy atom. The number of benzene rings is 3. The molecule has 33 heavy (non-hydrogen) atoms. The lowest BCUT2D eigenvalue weighted by Gasteiger charge is -2.12. The van der Waals surface area contributed by atoms with Crippen molar-refractivity contribution < 1.29 is 19.6 Å². The zero-order valence-electron chi connectivity index (χ0n) is 17.5. The smallest absolute Gasteiger partial charge is 0.298 e. The Bertz CT molecular complexity index is 1320. The van der Waals surface area contributed by atoms with Crippen LogP contribution in [0.5, 0.6) is 11.5 Å². The van der Waals surface area contributed by atoms with E-state index in [0.29, 0.717) is 22.5 Å².